The molecule has 0 fully saturated rings. The first-order valence-corrected chi connectivity index (χ1v) is 7.97. The van der Waals surface area contributed by atoms with Crippen molar-refractivity contribution in [2.75, 3.05) is 6.54 Å². The highest BCUT2D eigenvalue weighted by Gasteiger charge is 2.20. The molecule has 0 amide bonds. The van der Waals surface area contributed by atoms with E-state index < -0.39 is 0 Å². The van der Waals surface area contributed by atoms with Crippen LogP contribution in [0.1, 0.15) is 37.1 Å². The lowest BCUT2D eigenvalue weighted by molar-refractivity contribution is 0.614. The third kappa shape index (κ3) is 2.19. The average molecular weight is 263 g/mol. The topological polar surface area (TPSA) is 12.0 Å². The highest BCUT2D eigenvalue weighted by atomic mass is 32.1. The van der Waals surface area contributed by atoms with E-state index in [1.165, 1.54) is 33.5 Å². The number of hydrogen-bond donors (Lipinski definition) is 1. The van der Waals surface area contributed by atoms with Crippen molar-refractivity contribution in [2.45, 2.75) is 32.2 Å². The molecule has 0 aliphatic heterocycles. The Morgan fingerprint density at radius 2 is 2.35 bits per heavy atom. The monoisotopic (exact) mass is 263 g/mol. The van der Waals surface area contributed by atoms with Gasteiger partial charge in [0, 0.05) is 14.3 Å². The van der Waals surface area contributed by atoms with Gasteiger partial charge in [-0.3, -0.25) is 0 Å². The summed E-state index contributed by atoms with van der Waals surface area (Å²) >= 11 is 3.80. The fraction of sp³-hybridized carbons (Fsp3) is 0.429. The quantitative estimate of drug-likeness (QED) is 0.787. The molecule has 3 heteroatoms. The van der Waals surface area contributed by atoms with Crippen LogP contribution in [0.5, 0.6) is 0 Å². The maximum Gasteiger partial charge on any atom is 0.0631 e. The fourth-order valence-corrected chi connectivity index (χ4v) is 4.74. The van der Waals surface area contributed by atoms with E-state index in [4.69, 9.17) is 0 Å². The Morgan fingerprint density at radius 1 is 1.41 bits per heavy atom. The molecule has 2 aromatic rings. The van der Waals surface area contributed by atoms with Gasteiger partial charge < -0.3 is 5.32 Å². The Bertz CT molecular complexity index is 507. The highest BCUT2D eigenvalue weighted by Crippen LogP contribution is 2.38. The zero-order valence-electron chi connectivity index (χ0n) is 10.0. The van der Waals surface area contributed by atoms with E-state index in [9.17, 15) is 0 Å². The van der Waals surface area contributed by atoms with Crippen LogP contribution in [0.4, 0.5) is 0 Å². The molecule has 0 radical (unpaired) electrons. The number of allylic oxidation sites excluding steroid dienone is 1. The first-order chi connectivity index (χ1) is 8.38. The molecule has 1 aliphatic carbocycles. The lowest BCUT2D eigenvalue weighted by Crippen LogP contribution is -2.21. The summed E-state index contributed by atoms with van der Waals surface area (Å²) in [5.41, 5.74) is 1.60. The van der Waals surface area contributed by atoms with Gasteiger partial charge >= 0.3 is 0 Å². The summed E-state index contributed by atoms with van der Waals surface area (Å²) in [6.07, 6.45) is 6.29. The molecule has 1 aliphatic rings. The summed E-state index contributed by atoms with van der Waals surface area (Å²) in [5.74, 6) is 0. The van der Waals surface area contributed by atoms with Crippen molar-refractivity contribution in [2.24, 2.45) is 0 Å². The van der Waals surface area contributed by atoms with E-state index in [-0.39, 0.29) is 0 Å². The van der Waals surface area contributed by atoms with Crippen molar-refractivity contribution in [1.29, 1.82) is 0 Å². The Hall–Kier alpha value is -0.640. The van der Waals surface area contributed by atoms with Gasteiger partial charge in [0.05, 0.1) is 6.04 Å². The van der Waals surface area contributed by atoms with Gasteiger partial charge in [-0.2, -0.15) is 0 Å². The number of likely N-dealkylation sites (N-methyl/N-ethyl adjacent to an activating group) is 1. The Morgan fingerprint density at radius 3 is 3.06 bits per heavy atom. The molecule has 2 heterocycles. The van der Waals surface area contributed by atoms with Gasteiger partial charge in [-0.05, 0) is 43.3 Å². The number of nitrogens with one attached hydrogen (secondary N) is 1. The predicted molar refractivity (Wildman–Crippen MR) is 78.1 cm³/mol. The fourth-order valence-electron chi connectivity index (χ4n) is 2.50. The number of hydrogen-bond acceptors (Lipinski definition) is 3. The third-order valence-electron chi connectivity index (χ3n) is 3.30. The van der Waals surface area contributed by atoms with Crippen LogP contribution in [0.3, 0.4) is 0 Å². The van der Waals surface area contributed by atoms with E-state index in [0.717, 1.165) is 6.54 Å². The van der Waals surface area contributed by atoms with E-state index in [1.807, 2.05) is 22.7 Å². The van der Waals surface area contributed by atoms with Gasteiger partial charge in [0.15, 0.2) is 0 Å². The predicted octanol–water partition coefficient (Wildman–Crippen LogP) is 4.72. The van der Waals surface area contributed by atoms with Crippen molar-refractivity contribution >= 4 is 32.1 Å². The van der Waals surface area contributed by atoms with Crippen LogP contribution >= 0.6 is 22.7 Å². The minimum Gasteiger partial charge on any atom is -0.306 e. The summed E-state index contributed by atoms with van der Waals surface area (Å²) in [6.45, 7) is 3.23. The molecular formula is C14H17NS2. The van der Waals surface area contributed by atoms with Crippen molar-refractivity contribution in [1.82, 2.24) is 5.32 Å². The van der Waals surface area contributed by atoms with Gasteiger partial charge in [0.2, 0.25) is 0 Å². The summed E-state index contributed by atoms with van der Waals surface area (Å²) in [7, 11) is 0. The van der Waals surface area contributed by atoms with Crippen LogP contribution in [-0.2, 0) is 0 Å². The van der Waals surface area contributed by atoms with Crippen molar-refractivity contribution < 1.29 is 0 Å². The standard InChI is InChI=1S/C14H17NS2/c1-2-15-14(10-5-3-4-6-10)13-9-12-11(17-13)7-8-16-12/h5,7-9,14-15H,2-4,6H2,1H3. The van der Waals surface area contributed by atoms with E-state index in [1.54, 1.807) is 5.57 Å². The molecule has 1 N–H and O–H groups in total. The second kappa shape index (κ2) is 4.92. The molecule has 1 nitrogen and oxygen atoms in total. The zero-order chi connectivity index (χ0) is 11.7. The van der Waals surface area contributed by atoms with Crippen molar-refractivity contribution in [3.8, 4) is 0 Å². The van der Waals surface area contributed by atoms with Crippen LogP contribution in [0, 0.1) is 0 Å². The second-order valence-corrected chi connectivity index (χ2v) is 6.52. The van der Waals surface area contributed by atoms with Crippen LogP contribution < -0.4 is 5.32 Å². The molecule has 0 aromatic carbocycles. The molecule has 0 saturated heterocycles. The Labute approximate surface area is 110 Å². The van der Waals surface area contributed by atoms with Crippen LogP contribution in [0.25, 0.3) is 9.40 Å². The van der Waals surface area contributed by atoms with Crippen molar-refractivity contribution in [3.63, 3.8) is 0 Å². The molecule has 1 atom stereocenters. The molecule has 1 unspecified atom stereocenters. The largest absolute Gasteiger partial charge is 0.306 e. The zero-order valence-corrected chi connectivity index (χ0v) is 11.7. The van der Waals surface area contributed by atoms with Crippen molar-refractivity contribution in [3.05, 3.63) is 34.0 Å². The molecule has 0 bridgehead atoms. The van der Waals surface area contributed by atoms with Gasteiger partial charge in [-0.1, -0.05) is 18.6 Å². The number of thiophene rings is 2. The molecule has 0 spiro atoms. The maximum absolute atomic E-state index is 3.64. The highest BCUT2D eigenvalue weighted by molar-refractivity contribution is 7.27. The smallest absolute Gasteiger partial charge is 0.0631 e. The SMILES string of the molecule is CCNC(C1=CCCC1)c1cc2sccc2s1. The first kappa shape index (κ1) is 11.5. The summed E-state index contributed by atoms with van der Waals surface area (Å²) in [5, 5.41) is 5.82. The lowest BCUT2D eigenvalue weighted by atomic mass is 10.1. The van der Waals surface area contributed by atoms with E-state index >= 15 is 0 Å². The second-order valence-electron chi connectivity index (χ2n) is 4.46. The Balaban J connectivity index is 1.94. The first-order valence-electron chi connectivity index (χ1n) is 6.27. The molecular weight excluding hydrogens is 246 g/mol. The molecule has 0 saturated carbocycles. The van der Waals surface area contributed by atoms with E-state index in [2.05, 4.69) is 35.8 Å². The van der Waals surface area contributed by atoms with Crippen LogP contribution in [0.2, 0.25) is 0 Å². The Kier molecular flexibility index (Phi) is 3.32. The van der Waals surface area contributed by atoms with Gasteiger partial charge in [0.1, 0.15) is 0 Å². The minimum atomic E-state index is 0.465. The maximum atomic E-state index is 3.64. The number of fused-ring (bicyclic) bond motifs is 1. The molecule has 90 valence electrons. The molecule has 17 heavy (non-hydrogen) atoms. The van der Waals surface area contributed by atoms with Crippen LogP contribution in [0.15, 0.2) is 29.2 Å². The molecule has 2 aromatic heterocycles. The molecule has 3 rings (SSSR count). The normalized spacial score (nSPS) is 17.6. The third-order valence-corrected chi connectivity index (χ3v) is 5.46. The van der Waals surface area contributed by atoms with Gasteiger partial charge in [0.25, 0.3) is 0 Å². The summed E-state index contributed by atoms with van der Waals surface area (Å²) in [4.78, 5) is 1.49. The van der Waals surface area contributed by atoms with E-state index in [0.29, 0.717) is 6.04 Å². The minimum absolute atomic E-state index is 0.465. The van der Waals surface area contributed by atoms with Crippen LogP contribution in [-0.4, -0.2) is 6.54 Å². The number of rotatable bonds is 4. The van der Waals surface area contributed by atoms with Gasteiger partial charge in [-0.25, -0.2) is 0 Å². The average Bonchev–Trinajstić information content (AvgIpc) is 3.01. The summed E-state index contributed by atoms with van der Waals surface area (Å²) in [6, 6.07) is 5.07. The van der Waals surface area contributed by atoms with Gasteiger partial charge in [-0.15, -0.1) is 22.7 Å². The summed E-state index contributed by atoms with van der Waals surface area (Å²) < 4.78 is 2.87. The lowest BCUT2D eigenvalue weighted by Gasteiger charge is -2.17.